The standard InChI is InChI=1S/C13H10ClF2N5OS/c1-21(8-2-7(14)3-17-4-8)6-10-18-5-9(23-10)12-19-20-13(22-12)11(15)16/h2-5,11H,6H2,1H3. The molecule has 23 heavy (non-hydrogen) atoms. The Morgan fingerprint density at radius 3 is 2.83 bits per heavy atom. The topological polar surface area (TPSA) is 67.9 Å². The second-order valence-electron chi connectivity index (χ2n) is 4.58. The number of rotatable bonds is 5. The fourth-order valence-electron chi connectivity index (χ4n) is 1.81. The molecule has 0 atom stereocenters. The Labute approximate surface area is 138 Å². The first kappa shape index (κ1) is 15.8. The molecule has 0 bridgehead atoms. The van der Waals surface area contributed by atoms with E-state index in [0.29, 0.717) is 16.4 Å². The maximum Gasteiger partial charge on any atom is 0.314 e. The molecule has 0 fully saturated rings. The van der Waals surface area contributed by atoms with Gasteiger partial charge in [-0.3, -0.25) is 4.98 Å². The summed E-state index contributed by atoms with van der Waals surface area (Å²) in [4.78, 5) is 10.7. The third-order valence-corrected chi connectivity index (χ3v) is 4.07. The van der Waals surface area contributed by atoms with Gasteiger partial charge in [-0.25, -0.2) is 4.98 Å². The van der Waals surface area contributed by atoms with E-state index in [1.165, 1.54) is 17.5 Å². The number of alkyl halides is 2. The molecule has 0 aromatic carbocycles. The van der Waals surface area contributed by atoms with Crippen molar-refractivity contribution in [2.24, 2.45) is 0 Å². The Bertz CT molecular complexity index is 809. The molecule has 3 rings (SSSR count). The first-order valence-corrected chi connectivity index (χ1v) is 7.60. The largest absolute Gasteiger partial charge is 0.414 e. The zero-order valence-electron chi connectivity index (χ0n) is 11.8. The lowest BCUT2D eigenvalue weighted by Crippen LogP contribution is -2.16. The van der Waals surface area contributed by atoms with Crippen LogP contribution in [-0.4, -0.2) is 27.2 Å². The third-order valence-electron chi connectivity index (χ3n) is 2.90. The summed E-state index contributed by atoms with van der Waals surface area (Å²) >= 11 is 7.20. The molecule has 0 unspecified atom stereocenters. The van der Waals surface area contributed by atoms with Gasteiger partial charge < -0.3 is 9.32 Å². The Hall–Kier alpha value is -2.13. The molecule has 3 aromatic rings. The second kappa shape index (κ2) is 6.55. The van der Waals surface area contributed by atoms with Crippen molar-refractivity contribution >= 4 is 28.6 Å². The number of halogens is 3. The van der Waals surface area contributed by atoms with E-state index in [0.717, 1.165) is 10.7 Å². The van der Waals surface area contributed by atoms with Gasteiger partial charge in [0.1, 0.15) is 9.88 Å². The SMILES string of the molecule is CN(Cc1ncc(-c2nnc(C(F)F)o2)s1)c1cncc(Cl)c1. The molecule has 0 aliphatic heterocycles. The van der Waals surface area contributed by atoms with Crippen LogP contribution in [0, 0.1) is 0 Å². The molecule has 0 aliphatic rings. The molecule has 10 heteroatoms. The van der Waals surface area contributed by atoms with Crippen molar-refractivity contribution in [3.05, 3.63) is 40.6 Å². The van der Waals surface area contributed by atoms with E-state index in [1.54, 1.807) is 18.5 Å². The average molecular weight is 358 g/mol. The van der Waals surface area contributed by atoms with Crippen molar-refractivity contribution in [2.45, 2.75) is 13.0 Å². The molecule has 0 spiro atoms. The molecule has 0 aliphatic carbocycles. The van der Waals surface area contributed by atoms with E-state index >= 15 is 0 Å². The van der Waals surface area contributed by atoms with E-state index in [-0.39, 0.29) is 5.89 Å². The van der Waals surface area contributed by atoms with Gasteiger partial charge >= 0.3 is 6.43 Å². The Morgan fingerprint density at radius 1 is 1.30 bits per heavy atom. The van der Waals surface area contributed by atoms with E-state index in [9.17, 15) is 8.78 Å². The van der Waals surface area contributed by atoms with Crippen LogP contribution in [0.25, 0.3) is 10.8 Å². The highest BCUT2D eigenvalue weighted by molar-refractivity contribution is 7.15. The minimum Gasteiger partial charge on any atom is -0.414 e. The van der Waals surface area contributed by atoms with Gasteiger partial charge in [0.2, 0.25) is 0 Å². The fraction of sp³-hybridized carbons (Fsp3) is 0.231. The average Bonchev–Trinajstić information content (AvgIpc) is 3.15. The number of anilines is 1. The Balaban J connectivity index is 1.74. The van der Waals surface area contributed by atoms with Crippen molar-refractivity contribution < 1.29 is 13.2 Å². The van der Waals surface area contributed by atoms with E-state index in [1.807, 2.05) is 11.9 Å². The zero-order valence-corrected chi connectivity index (χ0v) is 13.4. The molecule has 0 saturated heterocycles. The first-order chi connectivity index (χ1) is 11.0. The van der Waals surface area contributed by atoms with Crippen LogP contribution in [0.5, 0.6) is 0 Å². The van der Waals surface area contributed by atoms with Gasteiger partial charge in [0.25, 0.3) is 11.8 Å². The van der Waals surface area contributed by atoms with Crippen molar-refractivity contribution in [2.75, 3.05) is 11.9 Å². The highest BCUT2D eigenvalue weighted by Gasteiger charge is 2.18. The lowest BCUT2D eigenvalue weighted by atomic mass is 10.4. The normalized spacial score (nSPS) is 11.2. The minimum absolute atomic E-state index is 0.0381. The summed E-state index contributed by atoms with van der Waals surface area (Å²) in [6.45, 7) is 0.503. The smallest absolute Gasteiger partial charge is 0.314 e. The second-order valence-corrected chi connectivity index (χ2v) is 6.13. The van der Waals surface area contributed by atoms with Gasteiger partial charge in [-0.15, -0.1) is 21.5 Å². The lowest BCUT2D eigenvalue weighted by molar-refractivity contribution is 0.116. The van der Waals surface area contributed by atoms with Crippen molar-refractivity contribution in [3.63, 3.8) is 0 Å². The van der Waals surface area contributed by atoms with Crippen LogP contribution in [0.15, 0.2) is 29.1 Å². The number of nitrogens with zero attached hydrogens (tertiary/aromatic N) is 5. The van der Waals surface area contributed by atoms with Crippen LogP contribution in [-0.2, 0) is 6.54 Å². The minimum atomic E-state index is -2.79. The summed E-state index contributed by atoms with van der Waals surface area (Å²) in [5, 5.41) is 8.21. The van der Waals surface area contributed by atoms with Gasteiger partial charge in [0.05, 0.1) is 29.6 Å². The summed E-state index contributed by atoms with van der Waals surface area (Å²) in [7, 11) is 1.87. The van der Waals surface area contributed by atoms with Crippen LogP contribution in [0.4, 0.5) is 14.5 Å². The molecule has 0 saturated carbocycles. The summed E-state index contributed by atoms with van der Waals surface area (Å²) in [6.07, 6.45) is 1.97. The number of thiazole rings is 1. The van der Waals surface area contributed by atoms with Crippen molar-refractivity contribution in [1.82, 2.24) is 20.2 Å². The lowest BCUT2D eigenvalue weighted by Gasteiger charge is -2.17. The quantitative estimate of drug-likeness (QED) is 0.691. The number of hydrogen-bond donors (Lipinski definition) is 0. The van der Waals surface area contributed by atoms with Crippen LogP contribution in [0.1, 0.15) is 17.3 Å². The van der Waals surface area contributed by atoms with Crippen LogP contribution in [0.2, 0.25) is 5.02 Å². The predicted molar refractivity (Wildman–Crippen MR) is 81.7 cm³/mol. The Morgan fingerprint density at radius 2 is 2.13 bits per heavy atom. The maximum absolute atomic E-state index is 12.5. The summed E-state index contributed by atoms with van der Waals surface area (Å²) in [6, 6.07) is 1.79. The van der Waals surface area contributed by atoms with Gasteiger partial charge in [-0.2, -0.15) is 8.78 Å². The van der Waals surface area contributed by atoms with Gasteiger partial charge in [-0.1, -0.05) is 11.6 Å². The van der Waals surface area contributed by atoms with Crippen LogP contribution >= 0.6 is 22.9 Å². The van der Waals surface area contributed by atoms with Gasteiger partial charge in [-0.05, 0) is 6.07 Å². The summed E-state index contributed by atoms with van der Waals surface area (Å²) in [5.41, 5.74) is 0.840. The highest BCUT2D eigenvalue weighted by atomic mass is 35.5. The molecular formula is C13H10ClF2N5OS. The maximum atomic E-state index is 12.5. The number of pyridine rings is 1. The fourth-order valence-corrected chi connectivity index (χ4v) is 2.87. The number of aromatic nitrogens is 4. The third kappa shape index (κ3) is 3.62. The molecule has 120 valence electrons. The van der Waals surface area contributed by atoms with Gasteiger partial charge in [0, 0.05) is 13.2 Å². The molecule has 3 aromatic heterocycles. The van der Waals surface area contributed by atoms with E-state index < -0.39 is 12.3 Å². The molecule has 6 nitrogen and oxygen atoms in total. The Kier molecular flexibility index (Phi) is 4.49. The van der Waals surface area contributed by atoms with Gasteiger partial charge in [0.15, 0.2) is 0 Å². The van der Waals surface area contributed by atoms with Crippen LogP contribution < -0.4 is 4.90 Å². The molecule has 0 radical (unpaired) electrons. The van der Waals surface area contributed by atoms with E-state index in [2.05, 4.69) is 20.2 Å². The summed E-state index contributed by atoms with van der Waals surface area (Å²) in [5.74, 6) is -0.659. The van der Waals surface area contributed by atoms with Crippen molar-refractivity contribution in [3.8, 4) is 10.8 Å². The van der Waals surface area contributed by atoms with E-state index in [4.69, 9.17) is 16.0 Å². The monoisotopic (exact) mass is 357 g/mol. The predicted octanol–water partition coefficient (Wildman–Crippen LogP) is 3.82. The van der Waals surface area contributed by atoms with Crippen LogP contribution in [0.3, 0.4) is 0 Å². The zero-order chi connectivity index (χ0) is 16.4. The molecule has 0 N–H and O–H groups in total. The summed E-state index contributed by atoms with van der Waals surface area (Å²) < 4.78 is 29.8. The first-order valence-electron chi connectivity index (χ1n) is 6.41. The molecule has 3 heterocycles. The number of hydrogen-bond acceptors (Lipinski definition) is 7. The highest BCUT2D eigenvalue weighted by Crippen LogP contribution is 2.28. The van der Waals surface area contributed by atoms with Crippen molar-refractivity contribution in [1.29, 1.82) is 0 Å². The molecular weight excluding hydrogens is 348 g/mol. The molecule has 0 amide bonds.